The van der Waals surface area contributed by atoms with Gasteiger partial charge in [-0.2, -0.15) is 0 Å². The van der Waals surface area contributed by atoms with E-state index in [0.29, 0.717) is 16.9 Å². The number of anilines is 2. The first-order chi connectivity index (χ1) is 12.8. The Kier molecular flexibility index (Phi) is 6.12. The van der Waals surface area contributed by atoms with E-state index in [0.717, 1.165) is 0 Å². The second-order valence-corrected chi connectivity index (χ2v) is 5.81. The largest absolute Gasteiger partial charge is 0.377 e. The highest BCUT2D eigenvalue weighted by Gasteiger charge is 2.18. The van der Waals surface area contributed by atoms with Crippen LogP contribution < -0.4 is 15.5 Å². The van der Waals surface area contributed by atoms with E-state index in [9.17, 15) is 19.7 Å². The quantitative estimate of drug-likeness (QED) is 0.462. The van der Waals surface area contributed by atoms with Crippen LogP contribution in [0.15, 0.2) is 42.5 Å². The van der Waals surface area contributed by atoms with E-state index in [-0.39, 0.29) is 17.8 Å². The fourth-order valence-electron chi connectivity index (χ4n) is 2.36. The molecule has 138 valence electrons. The van der Waals surface area contributed by atoms with Gasteiger partial charge in [-0.1, -0.05) is 12.0 Å². The van der Waals surface area contributed by atoms with E-state index in [2.05, 4.69) is 16.6 Å². The molecule has 0 saturated carbocycles. The smallest absolute Gasteiger partial charge is 0.270 e. The number of benzene rings is 2. The molecule has 0 aliphatic rings. The van der Waals surface area contributed by atoms with E-state index in [1.807, 2.05) is 0 Å². The lowest BCUT2D eigenvalue weighted by molar-refractivity contribution is -0.384. The molecule has 0 unspecified atom stereocenters. The first-order valence-corrected chi connectivity index (χ1v) is 7.92. The Morgan fingerprint density at radius 1 is 1.22 bits per heavy atom. The predicted molar refractivity (Wildman–Crippen MR) is 103 cm³/mol. The molecule has 0 aliphatic carbocycles. The summed E-state index contributed by atoms with van der Waals surface area (Å²) >= 11 is 0. The van der Waals surface area contributed by atoms with E-state index >= 15 is 0 Å². The zero-order valence-electron chi connectivity index (χ0n) is 14.9. The first kappa shape index (κ1) is 19.5. The molecule has 0 atom stereocenters. The monoisotopic (exact) mass is 366 g/mol. The minimum absolute atomic E-state index is 0.108. The third-order valence-electron chi connectivity index (χ3n) is 3.64. The summed E-state index contributed by atoms with van der Waals surface area (Å²) in [5, 5.41) is 16.1. The number of nitrogens with one attached hydrogen (secondary N) is 2. The van der Waals surface area contributed by atoms with Crippen LogP contribution in [-0.4, -0.2) is 37.4 Å². The topological polar surface area (TPSA) is 105 Å². The molecule has 0 heterocycles. The SMILES string of the molecule is C#Cc1cccc(NC(=O)CNC(=O)c2cc([N+](=O)[O-])ccc2N(C)C)c1. The standard InChI is InChI=1S/C19H18N4O4/c1-4-13-6-5-7-14(10-13)21-18(24)12-20-19(25)16-11-15(23(26)27)8-9-17(16)22(2)3/h1,5-11H,12H2,2-3H3,(H,20,25)(H,21,24). The van der Waals surface area contributed by atoms with Gasteiger partial charge in [0, 0.05) is 43.2 Å². The van der Waals surface area contributed by atoms with Crippen molar-refractivity contribution in [2.45, 2.75) is 0 Å². The Morgan fingerprint density at radius 3 is 2.59 bits per heavy atom. The minimum atomic E-state index is -0.588. The molecule has 0 saturated heterocycles. The van der Waals surface area contributed by atoms with Crippen molar-refractivity contribution in [1.29, 1.82) is 0 Å². The van der Waals surface area contributed by atoms with Crippen molar-refractivity contribution >= 4 is 28.9 Å². The number of non-ortho nitro benzene ring substituents is 1. The van der Waals surface area contributed by atoms with Gasteiger partial charge in [-0.15, -0.1) is 6.42 Å². The number of nitrogens with zero attached hydrogens (tertiary/aromatic N) is 2. The summed E-state index contributed by atoms with van der Waals surface area (Å²) in [7, 11) is 3.42. The van der Waals surface area contributed by atoms with E-state index in [1.165, 1.54) is 18.2 Å². The number of hydrogen-bond acceptors (Lipinski definition) is 5. The molecule has 2 amide bonds. The maximum atomic E-state index is 12.4. The third-order valence-corrected chi connectivity index (χ3v) is 3.64. The van der Waals surface area contributed by atoms with Crippen molar-refractivity contribution in [3.8, 4) is 12.3 Å². The molecular weight excluding hydrogens is 348 g/mol. The van der Waals surface area contributed by atoms with Crippen molar-refractivity contribution in [2.24, 2.45) is 0 Å². The maximum absolute atomic E-state index is 12.4. The number of amides is 2. The lowest BCUT2D eigenvalue weighted by Crippen LogP contribution is -2.33. The van der Waals surface area contributed by atoms with Gasteiger partial charge in [-0.05, 0) is 24.3 Å². The van der Waals surface area contributed by atoms with Gasteiger partial charge >= 0.3 is 0 Å². The Balaban J connectivity index is 2.08. The summed E-state index contributed by atoms with van der Waals surface area (Å²) < 4.78 is 0. The van der Waals surface area contributed by atoms with E-state index < -0.39 is 16.7 Å². The van der Waals surface area contributed by atoms with E-state index in [1.54, 1.807) is 43.3 Å². The van der Waals surface area contributed by atoms with Gasteiger partial charge in [0.2, 0.25) is 5.91 Å². The zero-order chi connectivity index (χ0) is 20.0. The second-order valence-electron chi connectivity index (χ2n) is 5.81. The van der Waals surface area contributed by atoms with Gasteiger partial charge in [0.1, 0.15) is 0 Å². The summed E-state index contributed by atoms with van der Waals surface area (Å²) in [5.74, 6) is 1.43. The molecule has 27 heavy (non-hydrogen) atoms. The fourth-order valence-corrected chi connectivity index (χ4v) is 2.36. The highest BCUT2D eigenvalue weighted by molar-refractivity contribution is 6.03. The summed E-state index contributed by atoms with van der Waals surface area (Å²) in [4.78, 5) is 36.5. The van der Waals surface area contributed by atoms with Gasteiger partial charge in [0.15, 0.2) is 0 Å². The number of carbonyl (C=O) groups is 2. The van der Waals surface area contributed by atoms with Crippen LogP contribution in [0.4, 0.5) is 17.1 Å². The molecule has 0 radical (unpaired) electrons. The lowest BCUT2D eigenvalue weighted by atomic mass is 10.1. The van der Waals surface area contributed by atoms with Gasteiger partial charge in [0.25, 0.3) is 11.6 Å². The number of terminal acetylenes is 1. The highest BCUT2D eigenvalue weighted by atomic mass is 16.6. The second kappa shape index (κ2) is 8.49. The number of carbonyl (C=O) groups excluding carboxylic acids is 2. The maximum Gasteiger partial charge on any atom is 0.270 e. The predicted octanol–water partition coefficient (Wildman–Crippen LogP) is 2.01. The lowest BCUT2D eigenvalue weighted by Gasteiger charge is -2.17. The zero-order valence-corrected chi connectivity index (χ0v) is 14.9. The van der Waals surface area contributed by atoms with Crippen molar-refractivity contribution in [2.75, 3.05) is 30.9 Å². The Morgan fingerprint density at radius 2 is 1.96 bits per heavy atom. The van der Waals surface area contributed by atoms with Crippen molar-refractivity contribution in [3.05, 3.63) is 63.7 Å². The van der Waals surface area contributed by atoms with Gasteiger partial charge in [-0.3, -0.25) is 19.7 Å². The summed E-state index contributed by atoms with van der Waals surface area (Å²) in [6.07, 6.45) is 5.31. The summed E-state index contributed by atoms with van der Waals surface area (Å²) in [6, 6.07) is 10.7. The molecule has 0 aromatic heterocycles. The molecule has 0 aliphatic heterocycles. The average Bonchev–Trinajstić information content (AvgIpc) is 2.65. The van der Waals surface area contributed by atoms with Crippen LogP contribution in [0.5, 0.6) is 0 Å². The number of nitro groups is 1. The number of nitro benzene ring substituents is 1. The minimum Gasteiger partial charge on any atom is -0.377 e. The Bertz CT molecular complexity index is 932. The molecule has 2 rings (SSSR count). The van der Waals surface area contributed by atoms with Gasteiger partial charge in [-0.25, -0.2) is 0 Å². The molecule has 0 bridgehead atoms. The van der Waals surface area contributed by atoms with Gasteiger partial charge in [0.05, 0.1) is 17.0 Å². The normalized spacial score (nSPS) is 9.81. The van der Waals surface area contributed by atoms with Crippen molar-refractivity contribution in [3.63, 3.8) is 0 Å². The van der Waals surface area contributed by atoms with E-state index in [4.69, 9.17) is 6.42 Å². The summed E-state index contributed by atoms with van der Waals surface area (Å²) in [6.45, 7) is -0.297. The van der Waals surface area contributed by atoms with Crippen LogP contribution in [-0.2, 0) is 4.79 Å². The Hall–Kier alpha value is -3.86. The molecular formula is C19H18N4O4. The van der Waals surface area contributed by atoms with Crippen LogP contribution in [0, 0.1) is 22.5 Å². The summed E-state index contributed by atoms with van der Waals surface area (Å²) in [5.41, 5.74) is 1.52. The molecule has 8 nitrogen and oxygen atoms in total. The van der Waals surface area contributed by atoms with Gasteiger partial charge < -0.3 is 15.5 Å². The van der Waals surface area contributed by atoms with Crippen LogP contribution in [0.25, 0.3) is 0 Å². The van der Waals surface area contributed by atoms with Crippen LogP contribution >= 0.6 is 0 Å². The molecule has 2 aromatic rings. The highest BCUT2D eigenvalue weighted by Crippen LogP contribution is 2.24. The number of rotatable bonds is 6. The molecule has 2 aromatic carbocycles. The molecule has 0 spiro atoms. The fraction of sp³-hybridized carbons (Fsp3) is 0.158. The molecule has 2 N–H and O–H groups in total. The Labute approximate surface area is 156 Å². The van der Waals surface area contributed by atoms with Crippen LogP contribution in [0.1, 0.15) is 15.9 Å². The average molecular weight is 366 g/mol. The van der Waals surface area contributed by atoms with Crippen LogP contribution in [0.3, 0.4) is 0 Å². The molecule has 8 heteroatoms. The van der Waals surface area contributed by atoms with Crippen molar-refractivity contribution in [1.82, 2.24) is 5.32 Å². The van der Waals surface area contributed by atoms with Crippen molar-refractivity contribution < 1.29 is 14.5 Å². The van der Waals surface area contributed by atoms with Crippen LogP contribution in [0.2, 0.25) is 0 Å². The molecule has 0 fully saturated rings. The first-order valence-electron chi connectivity index (χ1n) is 7.92. The number of hydrogen-bond donors (Lipinski definition) is 2. The third kappa shape index (κ3) is 5.06.